The van der Waals surface area contributed by atoms with Crippen molar-refractivity contribution in [2.45, 2.75) is 25.3 Å². The fourth-order valence-corrected chi connectivity index (χ4v) is 3.50. The van der Waals surface area contributed by atoms with Crippen LogP contribution < -0.4 is 0 Å². The molecule has 0 bridgehead atoms. The molecule has 0 aliphatic carbocycles. The van der Waals surface area contributed by atoms with Gasteiger partial charge in [0.15, 0.2) is 0 Å². The topological polar surface area (TPSA) is 29.5 Å². The summed E-state index contributed by atoms with van der Waals surface area (Å²) in [5.41, 5.74) is 2.23. The van der Waals surface area contributed by atoms with E-state index in [0.29, 0.717) is 11.3 Å². The second-order valence-electron chi connectivity index (χ2n) is 5.76. The van der Waals surface area contributed by atoms with Gasteiger partial charge in [0.25, 0.3) is 0 Å². The van der Waals surface area contributed by atoms with E-state index in [-0.39, 0.29) is 17.9 Å². The summed E-state index contributed by atoms with van der Waals surface area (Å²) in [7, 11) is 0. The Morgan fingerprint density at radius 2 is 1.78 bits per heavy atom. The molecule has 23 heavy (non-hydrogen) atoms. The number of hydrogen-bond acceptors (Lipinski definition) is 2. The molecule has 0 radical (unpaired) electrons. The molecule has 3 nitrogen and oxygen atoms in total. The van der Waals surface area contributed by atoms with Gasteiger partial charge in [-0.1, -0.05) is 0 Å². The molecule has 0 unspecified atom stereocenters. The Balaban J connectivity index is 1.78. The summed E-state index contributed by atoms with van der Waals surface area (Å²) in [5, 5.41) is 0. The van der Waals surface area contributed by atoms with Crippen molar-refractivity contribution >= 4 is 26.2 Å². The Morgan fingerprint density at radius 1 is 1.17 bits per heavy atom. The molecule has 1 saturated heterocycles. The van der Waals surface area contributed by atoms with E-state index in [9.17, 15) is 4.79 Å². The van der Waals surface area contributed by atoms with Crippen LogP contribution in [0, 0.1) is 0 Å². The molecule has 0 N–H and O–H groups in total. The van der Waals surface area contributed by atoms with Gasteiger partial charge in [0, 0.05) is 0 Å². The van der Waals surface area contributed by atoms with Crippen LogP contribution in [-0.2, 0) is 16.0 Å². The maximum absolute atomic E-state index is 13.0. The Labute approximate surface area is 144 Å². The normalized spacial score (nSPS) is 18.6. The van der Waals surface area contributed by atoms with Gasteiger partial charge in [0.2, 0.25) is 0 Å². The number of carbonyl (C=O) groups is 1. The molecule has 1 aliphatic heterocycles. The molecule has 1 amide bonds. The van der Waals surface area contributed by atoms with Crippen LogP contribution in [-0.4, -0.2) is 43.8 Å². The van der Waals surface area contributed by atoms with Gasteiger partial charge in [-0.15, -0.1) is 0 Å². The molecule has 1 fully saturated rings. The molecular weight excluding hydrogens is 353 g/mol. The molecular formula is C19H19NO2Se. The van der Waals surface area contributed by atoms with Gasteiger partial charge >= 0.3 is 144 Å². The second kappa shape index (κ2) is 7.12. The van der Waals surface area contributed by atoms with Crippen LogP contribution in [0.4, 0.5) is 0 Å². The molecule has 0 saturated carbocycles. The molecule has 2 aromatic carbocycles. The number of nitrogens with zero attached hydrogens (tertiary/aromatic N) is 1. The van der Waals surface area contributed by atoms with E-state index in [1.807, 2.05) is 55.5 Å². The fourth-order valence-electron chi connectivity index (χ4n) is 2.86. The van der Waals surface area contributed by atoms with Gasteiger partial charge in [-0.2, -0.15) is 0 Å². The first kappa shape index (κ1) is 16.0. The Morgan fingerprint density at radius 3 is 2.43 bits per heavy atom. The van der Waals surface area contributed by atoms with E-state index >= 15 is 0 Å². The van der Waals surface area contributed by atoms with E-state index in [1.165, 1.54) is 5.56 Å². The zero-order chi connectivity index (χ0) is 16.2. The van der Waals surface area contributed by atoms with E-state index in [4.69, 9.17) is 4.74 Å². The van der Waals surface area contributed by atoms with Gasteiger partial charge in [-0.3, -0.25) is 0 Å². The summed E-state index contributed by atoms with van der Waals surface area (Å²) in [6.07, 6.45) is 0.791. The molecule has 118 valence electrons. The van der Waals surface area contributed by atoms with Crippen molar-refractivity contribution < 1.29 is 9.53 Å². The number of carbonyl (C=O) groups excluding carboxylic acids is 1. The average molecular weight is 372 g/mol. The van der Waals surface area contributed by atoms with Gasteiger partial charge in [-0.05, 0) is 0 Å². The molecule has 4 heteroatoms. The van der Waals surface area contributed by atoms with Crippen LogP contribution in [0.5, 0.6) is 0 Å². The van der Waals surface area contributed by atoms with Gasteiger partial charge in [0.1, 0.15) is 0 Å². The van der Waals surface area contributed by atoms with Crippen molar-refractivity contribution in [3.63, 3.8) is 0 Å². The van der Waals surface area contributed by atoms with Crippen LogP contribution in [0.25, 0.3) is 0 Å². The molecule has 1 heterocycles. The third-order valence-corrected chi connectivity index (χ3v) is 4.84. The van der Waals surface area contributed by atoms with E-state index in [1.54, 1.807) is 4.90 Å². The maximum atomic E-state index is 13.0. The predicted octanol–water partition coefficient (Wildman–Crippen LogP) is 2.52. The van der Waals surface area contributed by atoms with Crippen LogP contribution in [0.2, 0.25) is 0 Å². The minimum absolute atomic E-state index is 0.0345. The zero-order valence-corrected chi connectivity index (χ0v) is 14.7. The summed E-state index contributed by atoms with van der Waals surface area (Å²) in [5.74, 6) is -0.122. The number of hydrogen-bond donors (Lipinski definition) is 0. The molecule has 0 aromatic heterocycles. The third-order valence-electron chi connectivity index (χ3n) is 4.18. The molecule has 2 atom stereocenters. The van der Waals surface area contributed by atoms with Crippen molar-refractivity contribution in [3.05, 3.63) is 71.8 Å². The van der Waals surface area contributed by atoms with Crippen LogP contribution in [0.1, 0.15) is 24.0 Å². The van der Waals surface area contributed by atoms with E-state index in [0.717, 1.165) is 12.0 Å². The van der Waals surface area contributed by atoms with Crippen molar-refractivity contribution in [2.75, 3.05) is 6.61 Å². The van der Waals surface area contributed by atoms with Crippen molar-refractivity contribution in [2.24, 2.45) is 0 Å². The average Bonchev–Trinajstić information content (AvgIpc) is 2.95. The molecule has 0 spiro atoms. The van der Waals surface area contributed by atoms with E-state index in [2.05, 4.69) is 27.7 Å². The van der Waals surface area contributed by atoms with Crippen LogP contribution >= 0.6 is 0 Å². The second-order valence-corrected chi connectivity index (χ2v) is 6.49. The zero-order valence-electron chi connectivity index (χ0n) is 13.0. The standard InChI is InChI=1S/C19H19NO2Se/c1-14(16-10-6-3-7-11-16)18(21)20-17(13-22-19(20)23)12-15-8-4-2-5-9-15/h2-11,14,17H,12-13H2,1H3/t14-,17+/m1/s1. The number of ether oxygens (including phenoxy) is 1. The van der Waals surface area contributed by atoms with E-state index < -0.39 is 0 Å². The Bertz CT molecular complexity index is 687. The summed E-state index contributed by atoms with van der Waals surface area (Å²) in [4.78, 5) is 14.7. The first-order chi connectivity index (χ1) is 11.2. The molecule has 2 aromatic rings. The number of benzene rings is 2. The van der Waals surface area contributed by atoms with Crippen molar-refractivity contribution in [1.82, 2.24) is 4.90 Å². The third kappa shape index (κ3) is 3.54. The van der Waals surface area contributed by atoms with Gasteiger partial charge < -0.3 is 0 Å². The van der Waals surface area contributed by atoms with Crippen LogP contribution in [0.15, 0.2) is 60.7 Å². The van der Waals surface area contributed by atoms with Crippen molar-refractivity contribution in [3.8, 4) is 0 Å². The summed E-state index contributed by atoms with van der Waals surface area (Å²) in [6, 6.07) is 20.1. The van der Waals surface area contributed by atoms with Gasteiger partial charge in [0.05, 0.1) is 0 Å². The van der Waals surface area contributed by atoms with Gasteiger partial charge in [-0.25, -0.2) is 0 Å². The number of rotatable bonds is 4. The summed E-state index contributed by atoms with van der Waals surface area (Å²) in [6.45, 7) is 2.48. The van der Waals surface area contributed by atoms with Crippen molar-refractivity contribution in [1.29, 1.82) is 0 Å². The monoisotopic (exact) mass is 373 g/mol. The van der Waals surface area contributed by atoms with Crippen LogP contribution in [0.3, 0.4) is 0 Å². The Hall–Kier alpha value is -1.90. The SMILES string of the molecule is C[C@@H](C(=O)N1C(=[Se])OC[C@@H]1Cc1ccccc1)c1ccccc1. The predicted molar refractivity (Wildman–Crippen MR) is 92.4 cm³/mol. The first-order valence-electron chi connectivity index (χ1n) is 7.75. The quantitative estimate of drug-likeness (QED) is 0.772. The number of amides is 1. The summed E-state index contributed by atoms with van der Waals surface area (Å²) < 4.78 is 6.21. The first-order valence-corrected chi connectivity index (χ1v) is 8.61. The molecule has 3 rings (SSSR count). The summed E-state index contributed by atoms with van der Waals surface area (Å²) >= 11 is 2.89. The molecule has 1 aliphatic rings. The Kier molecular flexibility index (Phi) is 4.94. The fraction of sp³-hybridized carbons (Fsp3) is 0.263. The minimum atomic E-state index is -0.195.